The van der Waals surface area contributed by atoms with E-state index in [1.807, 2.05) is 18.2 Å². The molecule has 0 amide bonds. The molecule has 2 N–H and O–H groups in total. The summed E-state index contributed by atoms with van der Waals surface area (Å²) in [6, 6.07) is 8.53. The van der Waals surface area contributed by atoms with Crippen molar-refractivity contribution >= 4 is 26.7 Å². The largest absolute Gasteiger partial charge is 0.393 e. The summed E-state index contributed by atoms with van der Waals surface area (Å²) in [6.07, 6.45) is 1.57. The first-order valence-electron chi connectivity index (χ1n) is 5.11. The van der Waals surface area contributed by atoms with Gasteiger partial charge >= 0.3 is 0 Å². The Morgan fingerprint density at radius 2 is 2.13 bits per heavy atom. The van der Waals surface area contributed by atoms with Crippen LogP contribution in [0.2, 0.25) is 0 Å². The fourth-order valence-corrected chi connectivity index (χ4v) is 2.76. The number of aliphatic hydroxyl groups is 1. The van der Waals surface area contributed by atoms with Crippen LogP contribution < -0.4 is 5.32 Å². The van der Waals surface area contributed by atoms with Gasteiger partial charge in [0.1, 0.15) is 0 Å². The minimum atomic E-state index is -0.114. The summed E-state index contributed by atoms with van der Waals surface area (Å²) < 4.78 is 1.21. The van der Waals surface area contributed by atoms with Gasteiger partial charge in [0.05, 0.1) is 16.3 Å². The van der Waals surface area contributed by atoms with Crippen molar-refractivity contribution < 1.29 is 5.11 Å². The van der Waals surface area contributed by atoms with Gasteiger partial charge in [-0.3, -0.25) is 0 Å². The van der Waals surface area contributed by atoms with Crippen molar-refractivity contribution in [3.05, 3.63) is 24.3 Å². The van der Waals surface area contributed by atoms with Crippen LogP contribution in [0.1, 0.15) is 12.8 Å². The molecule has 0 atom stereocenters. The number of aromatic nitrogens is 1. The lowest BCUT2D eigenvalue weighted by molar-refractivity contribution is 0.0836. The Balaban J connectivity index is 1.80. The SMILES string of the molecule is O[C@H]1C[C@H](Nc2nc3ccccc3s2)C1. The molecular weight excluding hydrogens is 208 g/mol. The van der Waals surface area contributed by atoms with E-state index in [0.29, 0.717) is 6.04 Å². The van der Waals surface area contributed by atoms with Crippen LogP contribution in [0.5, 0.6) is 0 Å². The van der Waals surface area contributed by atoms with E-state index >= 15 is 0 Å². The standard InChI is InChI=1S/C11H12N2OS/c14-8-5-7(6-8)12-11-13-9-3-1-2-4-10(9)15-11/h1-4,7-8,14H,5-6H2,(H,12,13)/t7-,8-. The second-order valence-electron chi connectivity index (χ2n) is 3.95. The molecule has 0 saturated heterocycles. The predicted molar refractivity (Wildman–Crippen MR) is 62.3 cm³/mol. The molecule has 2 aromatic rings. The first-order chi connectivity index (χ1) is 7.31. The van der Waals surface area contributed by atoms with Crippen LogP contribution in [0.15, 0.2) is 24.3 Å². The van der Waals surface area contributed by atoms with Crippen LogP contribution in [-0.4, -0.2) is 22.2 Å². The molecule has 0 aliphatic heterocycles. The molecule has 1 aliphatic rings. The molecule has 1 fully saturated rings. The van der Waals surface area contributed by atoms with E-state index in [9.17, 15) is 5.11 Å². The van der Waals surface area contributed by atoms with Gasteiger partial charge in [0.2, 0.25) is 0 Å². The molecule has 4 heteroatoms. The maximum Gasteiger partial charge on any atom is 0.184 e. The number of nitrogens with zero attached hydrogens (tertiary/aromatic N) is 1. The van der Waals surface area contributed by atoms with E-state index in [0.717, 1.165) is 23.5 Å². The first-order valence-corrected chi connectivity index (χ1v) is 5.93. The molecule has 1 heterocycles. The van der Waals surface area contributed by atoms with Gasteiger partial charge in [0.15, 0.2) is 5.13 Å². The van der Waals surface area contributed by atoms with E-state index in [-0.39, 0.29) is 6.10 Å². The number of anilines is 1. The maximum atomic E-state index is 9.18. The smallest absolute Gasteiger partial charge is 0.184 e. The molecule has 78 valence electrons. The molecule has 1 aromatic heterocycles. The van der Waals surface area contributed by atoms with Gasteiger partial charge in [-0.05, 0) is 25.0 Å². The minimum Gasteiger partial charge on any atom is -0.393 e. The van der Waals surface area contributed by atoms with E-state index in [2.05, 4.69) is 16.4 Å². The first kappa shape index (κ1) is 9.12. The van der Waals surface area contributed by atoms with Gasteiger partial charge in [-0.2, -0.15) is 0 Å². The summed E-state index contributed by atoms with van der Waals surface area (Å²) in [5, 5.41) is 13.5. The van der Waals surface area contributed by atoms with Crippen molar-refractivity contribution in [1.82, 2.24) is 4.98 Å². The third kappa shape index (κ3) is 1.70. The molecule has 1 aliphatic carbocycles. The molecule has 1 saturated carbocycles. The maximum absolute atomic E-state index is 9.18. The van der Waals surface area contributed by atoms with Crippen molar-refractivity contribution in [2.45, 2.75) is 25.0 Å². The number of thiazole rings is 1. The Labute approximate surface area is 91.8 Å². The molecule has 3 rings (SSSR count). The number of hydrogen-bond donors (Lipinski definition) is 2. The topological polar surface area (TPSA) is 45.1 Å². The number of hydrogen-bond acceptors (Lipinski definition) is 4. The Morgan fingerprint density at radius 3 is 2.87 bits per heavy atom. The molecule has 0 radical (unpaired) electrons. The zero-order valence-electron chi connectivity index (χ0n) is 8.18. The van der Waals surface area contributed by atoms with Crippen molar-refractivity contribution in [3.8, 4) is 0 Å². The van der Waals surface area contributed by atoms with Crippen LogP contribution in [0, 0.1) is 0 Å². The van der Waals surface area contributed by atoms with Gasteiger partial charge in [-0.15, -0.1) is 0 Å². The van der Waals surface area contributed by atoms with Crippen LogP contribution in [0.3, 0.4) is 0 Å². The molecule has 0 unspecified atom stereocenters. The van der Waals surface area contributed by atoms with Crippen molar-refractivity contribution in [2.24, 2.45) is 0 Å². The number of nitrogens with one attached hydrogen (secondary N) is 1. The van der Waals surface area contributed by atoms with E-state index in [1.54, 1.807) is 11.3 Å². The highest BCUT2D eigenvalue weighted by molar-refractivity contribution is 7.22. The molecular formula is C11H12N2OS. The third-order valence-electron chi connectivity index (χ3n) is 2.73. The summed E-state index contributed by atoms with van der Waals surface area (Å²) in [5.74, 6) is 0. The quantitative estimate of drug-likeness (QED) is 0.815. The lowest BCUT2D eigenvalue weighted by Gasteiger charge is -2.31. The summed E-state index contributed by atoms with van der Waals surface area (Å²) in [7, 11) is 0. The van der Waals surface area contributed by atoms with E-state index in [4.69, 9.17) is 0 Å². The summed E-state index contributed by atoms with van der Waals surface area (Å²) in [5.41, 5.74) is 1.05. The van der Waals surface area contributed by atoms with Gasteiger partial charge in [0.25, 0.3) is 0 Å². The number of aliphatic hydroxyl groups excluding tert-OH is 1. The average molecular weight is 220 g/mol. The number of benzene rings is 1. The Hall–Kier alpha value is -1.13. The van der Waals surface area contributed by atoms with E-state index < -0.39 is 0 Å². The molecule has 0 bridgehead atoms. The van der Waals surface area contributed by atoms with Crippen molar-refractivity contribution in [3.63, 3.8) is 0 Å². The fraction of sp³-hybridized carbons (Fsp3) is 0.364. The summed E-state index contributed by atoms with van der Waals surface area (Å²) in [4.78, 5) is 4.49. The fourth-order valence-electron chi connectivity index (χ4n) is 1.81. The highest BCUT2D eigenvalue weighted by Crippen LogP contribution is 2.29. The highest BCUT2D eigenvalue weighted by atomic mass is 32.1. The van der Waals surface area contributed by atoms with Gasteiger partial charge < -0.3 is 10.4 Å². The minimum absolute atomic E-state index is 0.114. The zero-order chi connectivity index (χ0) is 10.3. The van der Waals surface area contributed by atoms with Gasteiger partial charge in [-0.1, -0.05) is 23.5 Å². The average Bonchev–Trinajstić information content (AvgIpc) is 2.57. The summed E-state index contributed by atoms with van der Waals surface area (Å²) in [6.45, 7) is 0. The Bertz CT molecular complexity index is 443. The van der Waals surface area contributed by atoms with E-state index in [1.165, 1.54) is 4.70 Å². The summed E-state index contributed by atoms with van der Waals surface area (Å²) >= 11 is 1.67. The molecule has 1 aromatic carbocycles. The predicted octanol–water partition coefficient (Wildman–Crippen LogP) is 2.23. The Kier molecular flexibility index (Phi) is 2.11. The second-order valence-corrected chi connectivity index (χ2v) is 4.98. The van der Waals surface area contributed by atoms with Gasteiger partial charge in [-0.25, -0.2) is 4.98 Å². The van der Waals surface area contributed by atoms with Crippen LogP contribution >= 0.6 is 11.3 Å². The van der Waals surface area contributed by atoms with Crippen LogP contribution in [0.25, 0.3) is 10.2 Å². The molecule has 3 nitrogen and oxygen atoms in total. The number of rotatable bonds is 2. The lowest BCUT2D eigenvalue weighted by Crippen LogP contribution is -2.38. The lowest BCUT2D eigenvalue weighted by atomic mass is 9.90. The zero-order valence-corrected chi connectivity index (χ0v) is 9.00. The van der Waals surface area contributed by atoms with Crippen molar-refractivity contribution in [2.75, 3.05) is 5.32 Å². The van der Waals surface area contributed by atoms with Gasteiger partial charge in [0, 0.05) is 6.04 Å². The molecule has 0 spiro atoms. The number of fused-ring (bicyclic) bond motifs is 1. The third-order valence-corrected chi connectivity index (χ3v) is 3.70. The normalized spacial score (nSPS) is 25.1. The van der Waals surface area contributed by atoms with Crippen LogP contribution in [-0.2, 0) is 0 Å². The monoisotopic (exact) mass is 220 g/mol. The second kappa shape index (κ2) is 3.47. The molecule has 15 heavy (non-hydrogen) atoms. The van der Waals surface area contributed by atoms with Crippen LogP contribution in [0.4, 0.5) is 5.13 Å². The Morgan fingerprint density at radius 1 is 1.33 bits per heavy atom. The number of para-hydroxylation sites is 1. The highest BCUT2D eigenvalue weighted by Gasteiger charge is 2.27. The van der Waals surface area contributed by atoms with Crippen molar-refractivity contribution in [1.29, 1.82) is 0 Å².